The summed E-state index contributed by atoms with van der Waals surface area (Å²) in [5, 5.41) is 14.3. The molecule has 1 amide bonds. The predicted molar refractivity (Wildman–Crippen MR) is 162 cm³/mol. The van der Waals surface area contributed by atoms with Gasteiger partial charge in [0.15, 0.2) is 0 Å². The maximum atomic E-state index is 11.1. The lowest BCUT2D eigenvalue weighted by Gasteiger charge is -2.26. The monoisotopic (exact) mass is 582 g/mol. The molecule has 9 heteroatoms. The lowest BCUT2D eigenvalue weighted by atomic mass is 10.1. The number of aliphatic hydroxyl groups excluding tert-OH is 1. The predicted octanol–water partition coefficient (Wildman–Crippen LogP) is 6.09. The molecule has 3 aromatic rings. The van der Waals surface area contributed by atoms with Gasteiger partial charge in [0.25, 0.3) is 0 Å². The molecule has 0 saturated carbocycles. The molecule has 40 heavy (non-hydrogen) atoms. The zero-order valence-electron chi connectivity index (χ0n) is 22.7. The van der Waals surface area contributed by atoms with Gasteiger partial charge in [-0.25, -0.2) is 4.98 Å². The highest BCUT2D eigenvalue weighted by atomic mass is 35.5. The summed E-state index contributed by atoms with van der Waals surface area (Å²) in [6, 6.07) is 17.1. The van der Waals surface area contributed by atoms with Crippen LogP contribution in [0.2, 0.25) is 10.0 Å². The van der Waals surface area contributed by atoms with Gasteiger partial charge in [-0.1, -0.05) is 72.3 Å². The number of ether oxygens (including phenoxy) is 1. The molecule has 0 saturated heterocycles. The molecule has 0 radical (unpaired) electrons. The van der Waals surface area contributed by atoms with E-state index in [1.54, 1.807) is 30.5 Å². The summed E-state index contributed by atoms with van der Waals surface area (Å²) in [6.07, 6.45) is 4.90. The molecule has 0 bridgehead atoms. The van der Waals surface area contributed by atoms with E-state index in [1.807, 2.05) is 18.2 Å². The summed E-state index contributed by atoms with van der Waals surface area (Å²) in [5.41, 5.74) is 9.29. The third-order valence-corrected chi connectivity index (χ3v) is 6.78. The molecule has 1 atom stereocenters. The Morgan fingerprint density at radius 2 is 1.82 bits per heavy atom. The number of anilines is 2. The number of nitrogens with zero attached hydrogens (tertiary/aromatic N) is 2. The molecule has 7 nitrogen and oxygen atoms in total. The van der Waals surface area contributed by atoms with Gasteiger partial charge in [0.1, 0.15) is 12.3 Å². The van der Waals surface area contributed by atoms with Gasteiger partial charge in [0.2, 0.25) is 5.91 Å². The minimum atomic E-state index is -0.737. The van der Waals surface area contributed by atoms with Crippen LogP contribution in [0.15, 0.2) is 60.8 Å². The van der Waals surface area contributed by atoms with Crippen LogP contribution in [-0.4, -0.2) is 47.2 Å². The Hall–Kier alpha value is -3.12. The van der Waals surface area contributed by atoms with Gasteiger partial charge in [0.05, 0.1) is 33.7 Å². The maximum Gasteiger partial charge on any atom is 0.221 e. The second-order valence-electron chi connectivity index (χ2n) is 9.52. The van der Waals surface area contributed by atoms with E-state index in [0.29, 0.717) is 52.4 Å². The van der Waals surface area contributed by atoms with Crippen molar-refractivity contribution in [3.8, 4) is 11.8 Å². The summed E-state index contributed by atoms with van der Waals surface area (Å²) in [6.45, 7) is 4.49. The molecule has 3 rings (SSSR count). The Bertz CT molecular complexity index is 1250. The number of aromatic nitrogens is 1. The van der Waals surface area contributed by atoms with Crippen LogP contribution in [0.3, 0.4) is 0 Å². The first-order chi connectivity index (χ1) is 19.3. The second kappa shape index (κ2) is 16.9. The van der Waals surface area contributed by atoms with E-state index in [2.05, 4.69) is 39.2 Å². The number of carbonyl (C=O) groups excluding carboxylic acids is 1. The van der Waals surface area contributed by atoms with Gasteiger partial charge >= 0.3 is 0 Å². The number of hydrogen-bond acceptors (Lipinski definition) is 6. The molecule has 2 aromatic carbocycles. The number of benzene rings is 2. The van der Waals surface area contributed by atoms with Crippen molar-refractivity contribution in [1.29, 1.82) is 0 Å². The van der Waals surface area contributed by atoms with Crippen molar-refractivity contribution >= 4 is 40.5 Å². The van der Waals surface area contributed by atoms with Crippen molar-refractivity contribution in [2.45, 2.75) is 45.3 Å². The number of halogens is 2. The van der Waals surface area contributed by atoms with Gasteiger partial charge < -0.3 is 20.9 Å². The van der Waals surface area contributed by atoms with E-state index >= 15 is 0 Å². The quantitative estimate of drug-likeness (QED) is 0.121. The SMILES string of the molecule is CC(=O)Nc1ccc(C#CCOCCCCCCN(Cc2ccccc2)CC(O)c2cc(Cl)c(N)c(Cl)c2)nc1. The number of nitrogen functional groups attached to an aromatic ring is 1. The Balaban J connectivity index is 1.38. The molecule has 0 aliphatic heterocycles. The molecule has 0 fully saturated rings. The Morgan fingerprint density at radius 1 is 1.10 bits per heavy atom. The van der Waals surface area contributed by atoms with Crippen LogP contribution >= 0.6 is 23.2 Å². The minimum Gasteiger partial charge on any atom is -0.396 e. The van der Waals surface area contributed by atoms with Gasteiger partial charge in [-0.15, -0.1) is 0 Å². The third-order valence-electron chi connectivity index (χ3n) is 6.15. The zero-order valence-corrected chi connectivity index (χ0v) is 24.2. The smallest absolute Gasteiger partial charge is 0.221 e. The van der Waals surface area contributed by atoms with Crippen LogP contribution in [0.4, 0.5) is 11.4 Å². The summed E-state index contributed by atoms with van der Waals surface area (Å²) < 4.78 is 5.64. The zero-order chi connectivity index (χ0) is 28.7. The highest BCUT2D eigenvalue weighted by Gasteiger charge is 2.16. The van der Waals surface area contributed by atoms with Crippen LogP contribution in [0, 0.1) is 11.8 Å². The highest BCUT2D eigenvalue weighted by molar-refractivity contribution is 6.38. The largest absolute Gasteiger partial charge is 0.396 e. The first kappa shape index (κ1) is 31.4. The fraction of sp³-hybridized carbons (Fsp3) is 0.355. The van der Waals surface area contributed by atoms with Crippen LogP contribution in [-0.2, 0) is 16.1 Å². The Morgan fingerprint density at radius 3 is 2.50 bits per heavy atom. The fourth-order valence-corrected chi connectivity index (χ4v) is 4.61. The summed E-state index contributed by atoms with van der Waals surface area (Å²) in [7, 11) is 0. The molecule has 0 aliphatic carbocycles. The Kier molecular flexibility index (Phi) is 13.2. The molecule has 212 valence electrons. The number of aliphatic hydroxyl groups is 1. The number of amides is 1. The number of nitrogens with two attached hydrogens (primary N) is 1. The number of unbranched alkanes of at least 4 members (excludes halogenated alkanes) is 3. The molecule has 1 unspecified atom stereocenters. The van der Waals surface area contributed by atoms with Crippen LogP contribution in [0.25, 0.3) is 0 Å². The normalized spacial score (nSPS) is 11.6. The van der Waals surface area contributed by atoms with E-state index < -0.39 is 6.10 Å². The van der Waals surface area contributed by atoms with E-state index in [4.69, 9.17) is 33.7 Å². The molecular weight excluding hydrogens is 547 g/mol. The molecule has 0 aliphatic rings. The van der Waals surface area contributed by atoms with Crippen molar-refractivity contribution in [2.75, 3.05) is 37.4 Å². The van der Waals surface area contributed by atoms with E-state index in [9.17, 15) is 9.90 Å². The topological polar surface area (TPSA) is 101 Å². The molecule has 4 N–H and O–H groups in total. The van der Waals surface area contributed by atoms with E-state index in [-0.39, 0.29) is 5.91 Å². The summed E-state index contributed by atoms with van der Waals surface area (Å²) >= 11 is 12.4. The van der Waals surface area contributed by atoms with Gasteiger partial charge in [-0.05, 0) is 60.7 Å². The maximum absolute atomic E-state index is 11.1. The number of rotatable bonds is 14. The number of nitrogens with one attached hydrogen (secondary N) is 1. The number of hydrogen-bond donors (Lipinski definition) is 3. The van der Waals surface area contributed by atoms with Crippen molar-refractivity contribution in [2.24, 2.45) is 0 Å². The molecule has 1 aromatic heterocycles. The number of carbonyl (C=O) groups is 1. The lowest BCUT2D eigenvalue weighted by Crippen LogP contribution is -2.29. The van der Waals surface area contributed by atoms with Crippen molar-refractivity contribution in [1.82, 2.24) is 9.88 Å². The van der Waals surface area contributed by atoms with Crippen molar-refractivity contribution in [3.05, 3.63) is 87.7 Å². The summed E-state index contributed by atoms with van der Waals surface area (Å²) in [5.74, 6) is 5.79. The standard InChI is InChI=1S/C31H36Cl2N4O3/c1-23(38)36-27-14-13-26(35-20-27)12-9-17-40-16-8-3-2-7-15-37(21-24-10-5-4-6-11-24)22-30(39)25-18-28(32)31(34)29(33)19-25/h4-6,10-11,13-14,18-20,30,39H,2-3,7-8,15-17,21-22,34H2,1H3,(H,36,38). The minimum absolute atomic E-state index is 0.136. The van der Waals surface area contributed by atoms with Gasteiger partial charge in [-0.2, -0.15) is 0 Å². The van der Waals surface area contributed by atoms with Crippen LogP contribution < -0.4 is 11.1 Å². The average molecular weight is 584 g/mol. The summed E-state index contributed by atoms with van der Waals surface area (Å²) in [4.78, 5) is 17.5. The van der Waals surface area contributed by atoms with Crippen molar-refractivity contribution < 1.29 is 14.6 Å². The van der Waals surface area contributed by atoms with E-state index in [1.165, 1.54) is 12.5 Å². The molecular formula is C31H36Cl2N4O3. The van der Waals surface area contributed by atoms with Gasteiger partial charge in [-0.3, -0.25) is 9.69 Å². The third kappa shape index (κ3) is 11.2. The van der Waals surface area contributed by atoms with Crippen LogP contribution in [0.1, 0.15) is 55.5 Å². The first-order valence-electron chi connectivity index (χ1n) is 13.3. The average Bonchev–Trinajstić information content (AvgIpc) is 2.93. The highest BCUT2D eigenvalue weighted by Crippen LogP contribution is 2.31. The number of pyridine rings is 1. The van der Waals surface area contributed by atoms with Crippen LogP contribution in [0.5, 0.6) is 0 Å². The fourth-order valence-electron chi connectivity index (χ4n) is 4.11. The van der Waals surface area contributed by atoms with Crippen molar-refractivity contribution in [3.63, 3.8) is 0 Å². The second-order valence-corrected chi connectivity index (χ2v) is 10.3. The lowest BCUT2D eigenvalue weighted by molar-refractivity contribution is -0.114. The van der Waals surface area contributed by atoms with Gasteiger partial charge in [0, 0.05) is 26.6 Å². The molecule has 1 heterocycles. The van der Waals surface area contributed by atoms with E-state index in [0.717, 1.165) is 38.8 Å². The molecule has 0 spiro atoms. The first-order valence-corrected chi connectivity index (χ1v) is 14.1. The Labute approximate surface area is 246 Å².